The lowest BCUT2D eigenvalue weighted by atomic mass is 9.91. The Kier molecular flexibility index (Phi) is 3.91. The fourth-order valence-corrected chi connectivity index (χ4v) is 2.77. The van der Waals surface area contributed by atoms with Crippen LogP contribution < -0.4 is 16.4 Å². The minimum atomic E-state index is 0.0434. The first-order valence-electron chi connectivity index (χ1n) is 7.53. The third-order valence-corrected chi connectivity index (χ3v) is 3.97. The fourth-order valence-electron chi connectivity index (χ4n) is 2.77. The lowest BCUT2D eigenvalue weighted by Crippen LogP contribution is -2.34. The quantitative estimate of drug-likeness (QED) is 0.744. The van der Waals surface area contributed by atoms with E-state index < -0.39 is 0 Å². The van der Waals surface area contributed by atoms with Crippen LogP contribution in [0.15, 0.2) is 12.4 Å². The Morgan fingerprint density at radius 3 is 2.95 bits per heavy atom. The van der Waals surface area contributed by atoms with Crippen LogP contribution in [0.4, 0.5) is 5.69 Å². The summed E-state index contributed by atoms with van der Waals surface area (Å²) in [5.41, 5.74) is 6.96. The van der Waals surface area contributed by atoms with Gasteiger partial charge in [-0.25, -0.2) is 0 Å². The van der Waals surface area contributed by atoms with Crippen molar-refractivity contribution >= 4 is 11.6 Å². The summed E-state index contributed by atoms with van der Waals surface area (Å²) in [5, 5.41) is 10.7. The average molecular weight is 277 g/mol. The highest BCUT2D eigenvalue weighted by molar-refractivity contribution is 5.76. The average Bonchev–Trinajstić information content (AvgIpc) is 3.09. The first kappa shape index (κ1) is 13.4. The van der Waals surface area contributed by atoms with E-state index in [2.05, 4.69) is 15.7 Å². The molecule has 1 heterocycles. The van der Waals surface area contributed by atoms with Gasteiger partial charge in [0.2, 0.25) is 5.91 Å². The zero-order valence-corrected chi connectivity index (χ0v) is 11.7. The molecule has 2 unspecified atom stereocenters. The van der Waals surface area contributed by atoms with Crippen LogP contribution in [-0.4, -0.2) is 33.8 Å². The van der Waals surface area contributed by atoms with Crippen molar-refractivity contribution in [3.8, 4) is 0 Å². The normalized spacial score (nSPS) is 26.2. The van der Waals surface area contributed by atoms with Gasteiger partial charge in [-0.1, -0.05) is 0 Å². The smallest absolute Gasteiger partial charge is 0.241 e. The highest BCUT2D eigenvalue weighted by atomic mass is 16.2. The van der Waals surface area contributed by atoms with Crippen LogP contribution in [0.5, 0.6) is 0 Å². The molecule has 2 aliphatic carbocycles. The third kappa shape index (κ3) is 3.72. The topological polar surface area (TPSA) is 85.0 Å². The lowest BCUT2D eigenvalue weighted by molar-refractivity contribution is -0.122. The molecule has 0 spiro atoms. The summed E-state index contributed by atoms with van der Waals surface area (Å²) < 4.78 is 1.68. The molecule has 2 atom stereocenters. The predicted molar refractivity (Wildman–Crippen MR) is 77.2 cm³/mol. The summed E-state index contributed by atoms with van der Waals surface area (Å²) in [5.74, 6) is 0.0434. The Bertz CT molecular complexity index is 468. The molecule has 0 bridgehead atoms. The molecule has 3 rings (SSSR count). The molecule has 1 amide bonds. The van der Waals surface area contributed by atoms with Gasteiger partial charge in [-0.15, -0.1) is 0 Å². The van der Waals surface area contributed by atoms with Crippen LogP contribution >= 0.6 is 0 Å². The maximum Gasteiger partial charge on any atom is 0.241 e. The molecule has 0 aromatic carbocycles. The molecule has 20 heavy (non-hydrogen) atoms. The second-order valence-corrected chi connectivity index (χ2v) is 6.04. The molecule has 4 N–H and O–H groups in total. The van der Waals surface area contributed by atoms with Crippen molar-refractivity contribution in [1.82, 2.24) is 15.1 Å². The number of rotatable bonds is 5. The number of anilines is 1. The van der Waals surface area contributed by atoms with Crippen LogP contribution in [0.1, 0.15) is 38.5 Å². The molecule has 1 aromatic heterocycles. The number of carbonyl (C=O) groups is 1. The van der Waals surface area contributed by atoms with Crippen molar-refractivity contribution in [3.05, 3.63) is 12.4 Å². The Labute approximate surface area is 119 Å². The number of aromatic nitrogens is 2. The van der Waals surface area contributed by atoms with Crippen LogP contribution in [-0.2, 0) is 11.3 Å². The molecule has 2 aliphatic rings. The molecule has 2 fully saturated rings. The number of carbonyl (C=O) groups excluding carboxylic acids is 1. The van der Waals surface area contributed by atoms with Gasteiger partial charge in [0.25, 0.3) is 0 Å². The number of nitrogens with two attached hydrogens (primary N) is 1. The van der Waals surface area contributed by atoms with Gasteiger partial charge in [-0.2, -0.15) is 5.10 Å². The highest BCUT2D eigenvalue weighted by Gasteiger charge is 2.23. The molecular weight excluding hydrogens is 254 g/mol. The summed E-state index contributed by atoms with van der Waals surface area (Å²) in [6.45, 7) is 0.294. The SMILES string of the molecule is NC1CCCC(Nc2cnn(CC(=O)NC3CC3)c2)C1. The molecule has 1 aromatic rings. The predicted octanol–water partition coefficient (Wildman–Crippen LogP) is 0.843. The summed E-state index contributed by atoms with van der Waals surface area (Å²) in [6.07, 6.45) is 10.4. The van der Waals surface area contributed by atoms with Gasteiger partial charge in [0.1, 0.15) is 6.54 Å². The van der Waals surface area contributed by atoms with E-state index in [1.54, 1.807) is 10.9 Å². The first-order valence-corrected chi connectivity index (χ1v) is 7.53. The Morgan fingerprint density at radius 1 is 1.35 bits per heavy atom. The molecule has 0 saturated heterocycles. The zero-order valence-electron chi connectivity index (χ0n) is 11.7. The van der Waals surface area contributed by atoms with E-state index in [1.807, 2.05) is 6.20 Å². The van der Waals surface area contributed by atoms with E-state index in [1.165, 1.54) is 6.42 Å². The van der Waals surface area contributed by atoms with Crippen LogP contribution in [0, 0.1) is 0 Å². The monoisotopic (exact) mass is 277 g/mol. The zero-order chi connectivity index (χ0) is 13.9. The van der Waals surface area contributed by atoms with Gasteiger partial charge in [-0.3, -0.25) is 9.48 Å². The molecule has 0 radical (unpaired) electrons. The van der Waals surface area contributed by atoms with Gasteiger partial charge in [-0.05, 0) is 38.5 Å². The van der Waals surface area contributed by atoms with E-state index in [4.69, 9.17) is 5.73 Å². The summed E-state index contributed by atoms with van der Waals surface area (Å²) in [6, 6.07) is 1.14. The van der Waals surface area contributed by atoms with Crippen molar-refractivity contribution in [2.45, 2.75) is 63.2 Å². The minimum absolute atomic E-state index is 0.0434. The first-order chi connectivity index (χ1) is 9.69. The molecule has 6 nitrogen and oxygen atoms in total. The second kappa shape index (κ2) is 5.83. The fraction of sp³-hybridized carbons (Fsp3) is 0.714. The maximum absolute atomic E-state index is 11.7. The van der Waals surface area contributed by atoms with Gasteiger partial charge in [0.05, 0.1) is 11.9 Å². The molecule has 6 heteroatoms. The summed E-state index contributed by atoms with van der Waals surface area (Å²) in [7, 11) is 0. The molecular formula is C14H23N5O. The Balaban J connectivity index is 1.49. The number of hydrogen-bond donors (Lipinski definition) is 3. The van der Waals surface area contributed by atoms with Crippen LogP contribution in [0.25, 0.3) is 0 Å². The van der Waals surface area contributed by atoms with Crippen LogP contribution in [0.3, 0.4) is 0 Å². The van der Waals surface area contributed by atoms with E-state index in [0.717, 1.165) is 37.8 Å². The van der Waals surface area contributed by atoms with Gasteiger partial charge < -0.3 is 16.4 Å². The van der Waals surface area contributed by atoms with Crippen molar-refractivity contribution in [2.24, 2.45) is 5.73 Å². The summed E-state index contributed by atoms with van der Waals surface area (Å²) >= 11 is 0. The summed E-state index contributed by atoms with van der Waals surface area (Å²) in [4.78, 5) is 11.7. The Hall–Kier alpha value is -1.56. The Morgan fingerprint density at radius 2 is 2.20 bits per heavy atom. The molecule has 0 aliphatic heterocycles. The van der Waals surface area contributed by atoms with Crippen LogP contribution in [0.2, 0.25) is 0 Å². The van der Waals surface area contributed by atoms with Gasteiger partial charge in [0.15, 0.2) is 0 Å². The van der Waals surface area contributed by atoms with E-state index >= 15 is 0 Å². The number of nitrogens with one attached hydrogen (secondary N) is 2. The van der Waals surface area contributed by atoms with Crippen molar-refractivity contribution < 1.29 is 4.79 Å². The van der Waals surface area contributed by atoms with E-state index in [9.17, 15) is 4.79 Å². The van der Waals surface area contributed by atoms with Crippen molar-refractivity contribution in [2.75, 3.05) is 5.32 Å². The van der Waals surface area contributed by atoms with Gasteiger partial charge in [0, 0.05) is 24.3 Å². The van der Waals surface area contributed by atoms with Crippen molar-refractivity contribution in [3.63, 3.8) is 0 Å². The van der Waals surface area contributed by atoms with Crippen molar-refractivity contribution in [1.29, 1.82) is 0 Å². The number of amides is 1. The number of nitrogens with zero attached hydrogens (tertiary/aromatic N) is 2. The maximum atomic E-state index is 11.7. The standard InChI is InChI=1S/C14H23N5O/c15-10-2-1-3-12(6-10)17-13-7-16-19(8-13)9-14(20)18-11-4-5-11/h7-8,10-12,17H,1-6,9,15H2,(H,18,20). The molecule has 110 valence electrons. The molecule has 2 saturated carbocycles. The van der Waals surface area contributed by atoms with E-state index in [0.29, 0.717) is 24.7 Å². The lowest BCUT2D eigenvalue weighted by Gasteiger charge is -2.27. The number of hydrogen-bond acceptors (Lipinski definition) is 4. The van der Waals surface area contributed by atoms with E-state index in [-0.39, 0.29) is 5.91 Å². The third-order valence-electron chi connectivity index (χ3n) is 3.97. The second-order valence-electron chi connectivity index (χ2n) is 6.04. The largest absolute Gasteiger partial charge is 0.380 e. The van der Waals surface area contributed by atoms with Gasteiger partial charge >= 0.3 is 0 Å². The minimum Gasteiger partial charge on any atom is -0.380 e. The highest BCUT2D eigenvalue weighted by Crippen LogP contribution is 2.21.